The summed E-state index contributed by atoms with van der Waals surface area (Å²) in [7, 11) is -0.595. The molecule has 0 unspecified atom stereocenters. The molecule has 4 fully saturated rings. The molecule has 0 bridgehead atoms. The molecule has 0 aromatic heterocycles. The molecule has 0 aromatic rings. The van der Waals surface area contributed by atoms with Crippen molar-refractivity contribution in [3.63, 3.8) is 0 Å². The third kappa shape index (κ3) is 7.80. The number of hydrogen-bond donors (Lipinski definition) is 2. The molecule has 4 aliphatic rings. The maximum absolute atomic E-state index is 11.6. The van der Waals surface area contributed by atoms with Crippen LogP contribution in [0.5, 0.6) is 0 Å². The molecule has 0 saturated heterocycles. The van der Waals surface area contributed by atoms with E-state index in [1.165, 1.54) is 14.2 Å². The average molecular weight is 565 g/mol. The molecule has 0 radical (unpaired) electrons. The predicted molar refractivity (Wildman–Crippen MR) is 146 cm³/mol. The second-order valence-electron chi connectivity index (χ2n) is 10.4. The fourth-order valence-electron chi connectivity index (χ4n) is 4.24. The lowest BCUT2D eigenvalue weighted by Gasteiger charge is -2.11. The number of esters is 2. The van der Waals surface area contributed by atoms with E-state index in [0.717, 1.165) is 19.3 Å². The number of allylic oxidation sites excluding steroid dienone is 2. The average Bonchev–Trinajstić information content (AvgIpc) is 3.64. The first-order chi connectivity index (χ1) is 16.2. The van der Waals surface area contributed by atoms with Gasteiger partial charge in [0.15, 0.2) is 0 Å². The number of ether oxygens (including phenoxy) is 2. The van der Waals surface area contributed by atoms with Crippen molar-refractivity contribution in [3.05, 3.63) is 25.3 Å². The number of carbonyl (C=O) groups excluding carboxylic acids is 3. The maximum Gasteiger partial charge on any atom is 0.312 e. The highest BCUT2D eigenvalue weighted by atomic mass is 35.5. The van der Waals surface area contributed by atoms with Crippen LogP contribution in [-0.2, 0) is 33.9 Å². The first kappa shape index (κ1) is 35.1. The number of nitrogens with one attached hydrogen (secondary N) is 1. The van der Waals surface area contributed by atoms with Gasteiger partial charge in [-0.25, -0.2) is 8.42 Å². The van der Waals surface area contributed by atoms with Gasteiger partial charge in [0.25, 0.3) is 5.91 Å². The summed E-state index contributed by atoms with van der Waals surface area (Å²) in [4.78, 5) is 33.6. The quantitative estimate of drug-likeness (QED) is 0.337. The Balaban J connectivity index is 0.000000528. The number of amides is 1. The molecule has 0 spiro atoms. The van der Waals surface area contributed by atoms with Crippen molar-refractivity contribution in [1.82, 2.24) is 4.72 Å². The molecule has 0 heterocycles. The third-order valence-electron chi connectivity index (χ3n) is 7.74. The lowest BCUT2D eigenvalue weighted by atomic mass is 10.1. The number of sulfonamides is 1. The molecule has 4 saturated carbocycles. The van der Waals surface area contributed by atoms with Gasteiger partial charge < -0.3 is 15.2 Å². The number of nitrogens with two attached hydrogens (primary N) is 1. The van der Waals surface area contributed by atoms with E-state index < -0.39 is 21.5 Å². The van der Waals surface area contributed by atoms with Crippen LogP contribution < -0.4 is 10.5 Å². The van der Waals surface area contributed by atoms with Gasteiger partial charge in [0.2, 0.25) is 10.0 Å². The van der Waals surface area contributed by atoms with E-state index in [9.17, 15) is 22.8 Å². The predicted octanol–water partition coefficient (Wildman–Crippen LogP) is 3.52. The fraction of sp³-hybridized carbons (Fsp3) is 0.731. The summed E-state index contributed by atoms with van der Waals surface area (Å²) in [6.07, 6.45) is 8.12. The van der Waals surface area contributed by atoms with Crippen molar-refractivity contribution in [2.75, 3.05) is 14.2 Å². The highest BCUT2D eigenvalue weighted by Gasteiger charge is 2.57. The van der Waals surface area contributed by atoms with Crippen molar-refractivity contribution < 1.29 is 32.3 Å². The molecule has 0 aromatic carbocycles. The minimum atomic E-state index is -3.44. The van der Waals surface area contributed by atoms with E-state index in [2.05, 4.69) is 27.4 Å². The van der Waals surface area contributed by atoms with Crippen molar-refractivity contribution in [3.8, 4) is 0 Å². The molecule has 6 atom stereocenters. The molecule has 1 amide bonds. The van der Waals surface area contributed by atoms with Crippen LogP contribution in [0.4, 0.5) is 0 Å². The lowest BCUT2D eigenvalue weighted by molar-refractivity contribution is -0.147. The van der Waals surface area contributed by atoms with Crippen LogP contribution in [-0.4, -0.2) is 51.3 Å². The van der Waals surface area contributed by atoms with E-state index >= 15 is 0 Å². The Morgan fingerprint density at radius 3 is 1.62 bits per heavy atom. The minimum Gasteiger partial charge on any atom is -0.469 e. The summed E-state index contributed by atoms with van der Waals surface area (Å²) in [6.45, 7) is 13.0. The zero-order valence-electron chi connectivity index (χ0n) is 21.9. The zero-order chi connectivity index (χ0) is 26.8. The van der Waals surface area contributed by atoms with Gasteiger partial charge in [0, 0.05) is 0 Å². The Bertz CT molecular complexity index is 943. The van der Waals surface area contributed by atoms with Gasteiger partial charge >= 0.3 is 11.9 Å². The monoisotopic (exact) mass is 564 g/mol. The molecule has 4 rings (SSSR count). The Kier molecular flexibility index (Phi) is 12.1. The van der Waals surface area contributed by atoms with Gasteiger partial charge in [0.1, 0.15) is 0 Å². The first-order valence-corrected chi connectivity index (χ1v) is 13.5. The van der Waals surface area contributed by atoms with Crippen LogP contribution in [0.2, 0.25) is 0 Å². The Hall–Kier alpha value is -1.91. The summed E-state index contributed by atoms with van der Waals surface area (Å²) in [5.74, 6) is 0.0443. The summed E-state index contributed by atoms with van der Waals surface area (Å²) in [6, 6.07) is 0. The second kappa shape index (κ2) is 12.8. The summed E-state index contributed by atoms with van der Waals surface area (Å²) < 4.78 is 34.3. The molecular weight excluding hydrogens is 520 g/mol. The summed E-state index contributed by atoms with van der Waals surface area (Å²) in [5.41, 5.74) is 4.36. The van der Waals surface area contributed by atoms with Gasteiger partial charge in [-0.3, -0.25) is 19.1 Å². The maximum atomic E-state index is 11.6. The molecule has 0 aliphatic heterocycles. The Labute approximate surface area is 228 Å². The van der Waals surface area contributed by atoms with Crippen LogP contribution in [0.3, 0.4) is 0 Å². The van der Waals surface area contributed by atoms with Crippen molar-refractivity contribution >= 4 is 40.3 Å². The van der Waals surface area contributed by atoms with Gasteiger partial charge in [-0.15, -0.1) is 25.6 Å². The van der Waals surface area contributed by atoms with E-state index in [0.29, 0.717) is 31.1 Å². The van der Waals surface area contributed by atoms with E-state index in [4.69, 9.17) is 5.73 Å². The third-order valence-corrected chi connectivity index (χ3v) is 9.56. The molecule has 11 heteroatoms. The smallest absolute Gasteiger partial charge is 0.312 e. The van der Waals surface area contributed by atoms with Crippen molar-refractivity contribution in [2.45, 2.75) is 77.5 Å². The summed E-state index contributed by atoms with van der Waals surface area (Å²) >= 11 is 0. The topological polar surface area (TPSA) is 142 Å². The molecule has 9 nitrogen and oxygen atoms in total. The fourth-order valence-corrected chi connectivity index (χ4v) is 5.61. The number of carbonyl (C=O) groups is 3. The SMILES string of the molecule is C.C=C[C@@H]1C[C@]1(C)C(=O)OC.C=C[C@@H]1C[C@]1(C)C(=O)OC.CC[C@@H]1C[C@]1(N)C(=O)NS(=O)(=O)C1CC1.Cl. The number of halogens is 1. The molecule has 37 heavy (non-hydrogen) atoms. The minimum absolute atomic E-state index is 0. The van der Waals surface area contributed by atoms with E-state index in [1.807, 2.05) is 32.9 Å². The Morgan fingerprint density at radius 2 is 1.38 bits per heavy atom. The standard InChI is InChI=1S/C9H16N2O3S.2C8H12O2.CH4.ClH/c1-2-6-5-9(6,10)8(12)11-15(13,14)7-3-4-7;2*1-4-6-5-8(6,2)7(9)10-3;;/h6-7H,2-5,10H2,1H3,(H,11,12);2*4,6H,1,5H2,2-3H3;1H4;1H/t6-,9-;2*6-,8+;;/m111../s1. The normalized spacial score (nSPS) is 34.1. The van der Waals surface area contributed by atoms with Crippen molar-refractivity contribution in [1.29, 1.82) is 0 Å². The van der Waals surface area contributed by atoms with Crippen LogP contribution >= 0.6 is 12.4 Å². The molecule has 3 N–H and O–H groups in total. The molecule has 214 valence electrons. The highest BCUT2D eigenvalue weighted by Crippen LogP contribution is 2.54. The van der Waals surface area contributed by atoms with Crippen LogP contribution in [0.25, 0.3) is 0 Å². The van der Waals surface area contributed by atoms with Crippen LogP contribution in [0.15, 0.2) is 25.3 Å². The second-order valence-corrected chi connectivity index (χ2v) is 12.4. The van der Waals surface area contributed by atoms with Crippen LogP contribution in [0.1, 0.15) is 66.7 Å². The largest absolute Gasteiger partial charge is 0.469 e. The molecule has 4 aliphatic carbocycles. The Morgan fingerprint density at radius 1 is 0.973 bits per heavy atom. The van der Waals surface area contributed by atoms with Gasteiger partial charge in [-0.1, -0.05) is 32.9 Å². The van der Waals surface area contributed by atoms with Gasteiger partial charge in [-0.05, 0) is 63.7 Å². The van der Waals surface area contributed by atoms with E-state index in [-0.39, 0.29) is 53.8 Å². The van der Waals surface area contributed by atoms with Gasteiger partial charge in [-0.2, -0.15) is 0 Å². The first-order valence-electron chi connectivity index (χ1n) is 12.0. The summed E-state index contributed by atoms with van der Waals surface area (Å²) in [5, 5.41) is -0.371. The number of methoxy groups -OCH3 is 2. The zero-order valence-corrected chi connectivity index (χ0v) is 23.5. The van der Waals surface area contributed by atoms with Crippen LogP contribution in [0, 0.1) is 28.6 Å². The van der Waals surface area contributed by atoms with Crippen molar-refractivity contribution in [2.24, 2.45) is 34.3 Å². The van der Waals surface area contributed by atoms with E-state index in [1.54, 1.807) is 0 Å². The molecular formula is C26H45ClN2O7S. The highest BCUT2D eigenvalue weighted by molar-refractivity contribution is 7.91. The number of hydrogen-bond acceptors (Lipinski definition) is 8. The lowest BCUT2D eigenvalue weighted by Crippen LogP contribution is -2.47. The van der Waals surface area contributed by atoms with Gasteiger partial charge in [0.05, 0.1) is 35.8 Å². The number of rotatable bonds is 8.